The van der Waals surface area contributed by atoms with Gasteiger partial charge in [0.25, 0.3) is 5.78 Å². The molecule has 128 valence electrons. The third kappa shape index (κ3) is 2.04. The molecule has 0 saturated carbocycles. The van der Waals surface area contributed by atoms with Crippen LogP contribution in [0.2, 0.25) is 0 Å². The third-order valence-corrected chi connectivity index (χ3v) is 4.15. The van der Waals surface area contributed by atoms with Gasteiger partial charge in [0.2, 0.25) is 11.5 Å². The van der Waals surface area contributed by atoms with E-state index in [0.29, 0.717) is 0 Å². The zero-order valence-electron chi connectivity index (χ0n) is 13.1. The molecule has 1 aliphatic carbocycles. The van der Waals surface area contributed by atoms with Crippen LogP contribution in [-0.4, -0.2) is 45.1 Å². The number of rotatable bonds is 1. The van der Waals surface area contributed by atoms with Crippen molar-refractivity contribution < 1.29 is 39.5 Å². The zero-order chi connectivity index (χ0) is 18.6. The second-order valence-corrected chi connectivity index (χ2v) is 5.49. The number of carbonyl (C=O) groups is 3. The first-order valence-corrected chi connectivity index (χ1v) is 7.02. The summed E-state index contributed by atoms with van der Waals surface area (Å²) in [6.45, 7) is 1.42. The van der Waals surface area contributed by atoms with E-state index in [4.69, 9.17) is 0 Å². The van der Waals surface area contributed by atoms with Crippen molar-refractivity contribution in [3.63, 3.8) is 0 Å². The Labute approximate surface area is 140 Å². The maximum atomic E-state index is 12.1. The molecule has 0 aromatic heterocycles. The van der Waals surface area contributed by atoms with Gasteiger partial charge in [0.1, 0.15) is 17.1 Å². The number of phenols is 2. The van der Waals surface area contributed by atoms with Crippen molar-refractivity contribution in [2.24, 2.45) is 0 Å². The van der Waals surface area contributed by atoms with E-state index in [1.165, 1.54) is 13.0 Å². The topological polar surface area (TPSA) is 141 Å². The van der Waals surface area contributed by atoms with Gasteiger partial charge in [-0.2, -0.15) is 0 Å². The van der Waals surface area contributed by atoms with Gasteiger partial charge in [-0.3, -0.25) is 9.59 Å². The summed E-state index contributed by atoms with van der Waals surface area (Å²) in [5.41, 5.74) is -0.822. The number of aromatic hydroxyl groups is 2. The van der Waals surface area contributed by atoms with E-state index in [1.54, 1.807) is 0 Å². The van der Waals surface area contributed by atoms with Crippen LogP contribution in [0.25, 0.3) is 16.5 Å². The molecule has 0 aliphatic heterocycles. The van der Waals surface area contributed by atoms with E-state index >= 15 is 0 Å². The van der Waals surface area contributed by atoms with Crippen LogP contribution in [0, 0.1) is 6.92 Å². The number of fused-ring (bicyclic) bond motifs is 2. The highest BCUT2D eigenvalue weighted by Gasteiger charge is 2.37. The lowest BCUT2D eigenvalue weighted by Crippen LogP contribution is -2.24. The van der Waals surface area contributed by atoms with Gasteiger partial charge in [-0.1, -0.05) is 0 Å². The van der Waals surface area contributed by atoms with Crippen molar-refractivity contribution in [1.82, 2.24) is 0 Å². The Hall–Kier alpha value is -3.55. The van der Waals surface area contributed by atoms with Gasteiger partial charge in [-0.25, -0.2) is 4.79 Å². The van der Waals surface area contributed by atoms with Crippen molar-refractivity contribution in [1.29, 1.82) is 0 Å². The molecular formula is C17H12O8. The number of aryl methyl sites for hydroxylation is 1. The molecule has 25 heavy (non-hydrogen) atoms. The molecule has 0 saturated heterocycles. The number of benzene rings is 2. The van der Waals surface area contributed by atoms with E-state index in [1.807, 2.05) is 0 Å². The van der Waals surface area contributed by atoms with Gasteiger partial charge in [0, 0.05) is 10.9 Å². The number of methoxy groups -OCH3 is 1. The van der Waals surface area contributed by atoms with E-state index in [9.17, 15) is 34.8 Å². The summed E-state index contributed by atoms with van der Waals surface area (Å²) >= 11 is 0. The number of phenolic OH excluding ortho intramolecular Hbond substituents is 2. The second-order valence-electron chi connectivity index (χ2n) is 5.49. The monoisotopic (exact) mass is 344 g/mol. The fourth-order valence-corrected chi connectivity index (χ4v) is 2.97. The molecule has 2 aromatic rings. The van der Waals surface area contributed by atoms with Crippen molar-refractivity contribution in [2.45, 2.75) is 6.92 Å². The second kappa shape index (κ2) is 5.23. The van der Waals surface area contributed by atoms with Gasteiger partial charge < -0.3 is 25.2 Å². The summed E-state index contributed by atoms with van der Waals surface area (Å²) in [5, 5.41) is 40.3. The Balaban J connectivity index is 2.50. The maximum absolute atomic E-state index is 12.1. The van der Waals surface area contributed by atoms with E-state index < -0.39 is 46.1 Å². The average Bonchev–Trinajstić information content (AvgIpc) is 2.57. The normalized spacial score (nSPS) is 14.0. The highest BCUT2D eigenvalue weighted by Crippen LogP contribution is 2.42. The molecule has 8 nitrogen and oxygen atoms in total. The molecule has 0 heterocycles. The Morgan fingerprint density at radius 1 is 1.00 bits per heavy atom. The number of Topliss-reactive ketones (excluding diaryl/α,β-unsaturated/α-hetero) is 2. The molecule has 0 bridgehead atoms. The predicted octanol–water partition coefficient (Wildman–Crippen LogP) is 1.90. The molecular weight excluding hydrogens is 332 g/mol. The minimum Gasteiger partial charge on any atom is -0.507 e. The fourth-order valence-electron chi connectivity index (χ4n) is 2.97. The molecule has 2 aromatic carbocycles. The minimum atomic E-state index is -1.36. The average molecular weight is 344 g/mol. The van der Waals surface area contributed by atoms with Gasteiger partial charge in [-0.05, 0) is 30.0 Å². The Bertz CT molecular complexity index is 1030. The molecule has 1 aliphatic rings. The van der Waals surface area contributed by atoms with E-state index in [-0.39, 0.29) is 27.5 Å². The number of aliphatic hydroxyl groups excluding tert-OH is 2. The fraction of sp³-hybridized carbons (Fsp3) is 0.118. The van der Waals surface area contributed by atoms with Gasteiger partial charge in [0.05, 0.1) is 12.7 Å². The van der Waals surface area contributed by atoms with Gasteiger partial charge >= 0.3 is 5.97 Å². The Morgan fingerprint density at radius 2 is 1.64 bits per heavy atom. The lowest BCUT2D eigenvalue weighted by molar-refractivity contribution is -0.114. The first-order valence-electron chi connectivity index (χ1n) is 7.02. The molecule has 0 radical (unpaired) electrons. The van der Waals surface area contributed by atoms with Crippen LogP contribution < -0.4 is 0 Å². The summed E-state index contributed by atoms with van der Waals surface area (Å²) in [4.78, 5) is 35.7. The predicted molar refractivity (Wildman–Crippen MR) is 84.9 cm³/mol. The van der Waals surface area contributed by atoms with Crippen LogP contribution in [0.15, 0.2) is 17.9 Å². The molecule has 8 heteroatoms. The van der Waals surface area contributed by atoms with Crippen molar-refractivity contribution >= 4 is 34.1 Å². The number of hydrogen-bond acceptors (Lipinski definition) is 8. The Kier molecular flexibility index (Phi) is 3.41. The van der Waals surface area contributed by atoms with Crippen molar-refractivity contribution in [3.8, 4) is 11.5 Å². The minimum absolute atomic E-state index is 0.0345. The van der Waals surface area contributed by atoms with Crippen LogP contribution in [0.5, 0.6) is 11.5 Å². The first kappa shape index (κ1) is 16.3. The van der Waals surface area contributed by atoms with Crippen LogP contribution in [-0.2, 0) is 9.53 Å². The van der Waals surface area contributed by atoms with Crippen molar-refractivity contribution in [2.75, 3.05) is 7.11 Å². The number of ether oxygens (including phenoxy) is 1. The van der Waals surface area contributed by atoms with Gasteiger partial charge in [0.15, 0.2) is 5.76 Å². The number of carbonyl (C=O) groups excluding carboxylic acids is 3. The van der Waals surface area contributed by atoms with Crippen molar-refractivity contribution in [3.05, 3.63) is 40.1 Å². The SMILES string of the molecule is COC(=O)c1c(O)cc2cc3c(c(O)c2c1C)C(=O)C(=O)C(O)=C3O. The van der Waals surface area contributed by atoms with Crippen LogP contribution in [0.1, 0.15) is 31.8 Å². The molecule has 0 fully saturated rings. The lowest BCUT2D eigenvalue weighted by Gasteiger charge is -2.19. The third-order valence-electron chi connectivity index (χ3n) is 4.15. The summed E-state index contributed by atoms with van der Waals surface area (Å²) in [6, 6.07) is 2.36. The standard InChI is InChI=1S/C17H12O8/c1-5-9-6(4-8(18)10(5)17(24)25-2)3-7-11(13(9)20)14(21)16(23)15(22)12(7)19/h3-4,18-20,22H,1-2H3. The summed E-state index contributed by atoms with van der Waals surface area (Å²) < 4.78 is 4.59. The highest BCUT2D eigenvalue weighted by molar-refractivity contribution is 6.52. The number of ketones is 2. The summed E-state index contributed by atoms with van der Waals surface area (Å²) in [6.07, 6.45) is 0. The van der Waals surface area contributed by atoms with Gasteiger partial charge in [-0.15, -0.1) is 0 Å². The first-order chi connectivity index (χ1) is 11.7. The van der Waals surface area contributed by atoms with Crippen LogP contribution in [0.4, 0.5) is 0 Å². The molecule has 0 spiro atoms. The van der Waals surface area contributed by atoms with E-state index in [2.05, 4.69) is 4.74 Å². The molecule has 3 rings (SSSR count). The molecule has 0 amide bonds. The molecule has 4 N–H and O–H groups in total. The maximum Gasteiger partial charge on any atom is 0.341 e. The largest absolute Gasteiger partial charge is 0.507 e. The zero-order valence-corrected chi connectivity index (χ0v) is 13.1. The smallest absolute Gasteiger partial charge is 0.341 e. The number of esters is 1. The van der Waals surface area contributed by atoms with E-state index in [0.717, 1.165) is 13.2 Å². The summed E-state index contributed by atoms with van der Waals surface area (Å²) in [5.74, 6) is -6.46. The quantitative estimate of drug-likeness (QED) is 0.454. The Morgan fingerprint density at radius 3 is 2.24 bits per heavy atom. The molecule has 0 unspecified atom stereocenters. The molecule has 0 atom stereocenters. The summed E-state index contributed by atoms with van der Waals surface area (Å²) in [7, 11) is 1.12. The lowest BCUT2D eigenvalue weighted by atomic mass is 9.86. The number of aliphatic hydroxyl groups is 2. The van der Waals surface area contributed by atoms with Crippen LogP contribution in [0.3, 0.4) is 0 Å². The highest BCUT2D eigenvalue weighted by atomic mass is 16.5. The number of hydrogen-bond donors (Lipinski definition) is 4. The van der Waals surface area contributed by atoms with Crippen LogP contribution >= 0.6 is 0 Å². The number of allylic oxidation sites excluding steroid dienone is 1.